The lowest BCUT2D eigenvalue weighted by Crippen LogP contribution is -2.44. The first-order chi connectivity index (χ1) is 37.8. The third-order valence-corrected chi connectivity index (χ3v) is 13.2. The van der Waals surface area contributed by atoms with Crippen molar-refractivity contribution < 1.29 is 33.1 Å². The van der Waals surface area contributed by atoms with Crippen LogP contribution in [0.1, 0.15) is 35.9 Å². The zero-order valence-corrected chi connectivity index (χ0v) is 50.8. The van der Waals surface area contributed by atoms with Crippen LogP contribution < -0.4 is 27.4 Å². The summed E-state index contributed by atoms with van der Waals surface area (Å²) < 4.78 is 31.3. The lowest BCUT2D eigenvalue weighted by molar-refractivity contribution is -0.138. The molecule has 2 aliphatic heterocycles. The van der Waals surface area contributed by atoms with E-state index in [0.717, 1.165) is 22.3 Å². The Bertz CT molecular complexity index is 3590. The number of thiocarbonyl (C=S) groups is 2. The number of aromatic nitrogens is 10. The summed E-state index contributed by atoms with van der Waals surface area (Å²) in [5.74, 6) is -0.0944. The van der Waals surface area contributed by atoms with Gasteiger partial charge >= 0.3 is 5.97 Å². The molecule has 8 N–H and O–H groups in total. The Kier molecular flexibility index (Phi) is 24.1. The van der Waals surface area contributed by atoms with Crippen LogP contribution in [-0.2, 0) is 54.6 Å². The topological polar surface area (TPSA) is 293 Å². The number of hydrogen-bond acceptors (Lipinski definition) is 17. The Morgan fingerprint density at radius 1 is 0.691 bits per heavy atom. The minimum absolute atomic E-state index is 0. The Morgan fingerprint density at radius 3 is 1.57 bits per heavy atom. The molecule has 2 aromatic carbocycles. The molecule has 81 heavy (non-hydrogen) atoms. The largest absolute Gasteiger partial charge is 0.480 e. The zero-order valence-electron chi connectivity index (χ0n) is 42.5. The molecule has 4 atom stereocenters. The quantitative estimate of drug-likeness (QED) is 0.0547. The normalized spacial score (nSPS) is 16.0. The van der Waals surface area contributed by atoms with Gasteiger partial charge in [-0.3, -0.25) is 28.5 Å². The molecule has 0 unspecified atom stereocenters. The number of carboxylic acid groups (broad SMARTS) is 1. The third-order valence-electron chi connectivity index (χ3n) is 12.0. The SMILES string of the molecule is Cc1ncc(-c2ccc3c(c2)c(C(N)=S)nn3CC(=O)N2C[C@H](F)C[C@H]2C(=O)Nc2cccc(Br)n2)cn1.Cc1ncc(-c2ccc3c(c2)c(C(N)=S)nn3CC(=O)O)cn1.Cl.O=C(Nc1cccc(Br)n1)[C@@H]1C[C@@H](F)CN1.S.S=S. The van der Waals surface area contributed by atoms with Crippen LogP contribution in [0.5, 0.6) is 0 Å². The molecule has 0 aliphatic carbocycles. The number of hydrogen-bond donors (Lipinski definition) is 6. The van der Waals surface area contributed by atoms with Crippen LogP contribution in [0, 0.1) is 13.8 Å². The van der Waals surface area contributed by atoms with E-state index < -0.39 is 42.2 Å². The molecular weight excluding hydrogens is 1300 g/mol. The molecule has 2 aliphatic rings. The van der Waals surface area contributed by atoms with Crippen LogP contribution in [0.4, 0.5) is 20.4 Å². The standard InChI is InChI=1S/C25H22BrFN8O2S.C15H13N5O2S.C10H11BrFN3O.ClH.S2.H2S/c1-13-29-9-15(10-30-13)14-5-6-18-17(7-14)23(24(28)38)33-35(18)12-22(36)34-11-16(27)8-19(34)25(37)32-21-4-2-3-20(26)31-21;1-8-17-5-10(6-18-8)9-2-3-12-11(4-9)14(15(16)23)19-20(12)7-13(21)22;11-8-2-1-3-9(14-8)15-10(16)7-4-6(12)5-13-7;;1-2;/h2-7,9-10,16,19H,8,11-12H2,1H3,(H2,28,38)(H,31,32,37);2-6H,7H2,1H3,(H2,16,23)(H,21,22);1-3,6-7,13H,4-5H2,(H,14,15,16);1H;;1H2/t16-,19+;;6-,7+;;;/m1.1.../s1. The number of alkyl halides is 2. The molecule has 31 heteroatoms. The van der Waals surface area contributed by atoms with Gasteiger partial charge in [-0.15, -0.1) is 12.4 Å². The fourth-order valence-corrected chi connectivity index (χ4v) is 9.32. The number of nitrogens with two attached hydrogens (primary N) is 2. The van der Waals surface area contributed by atoms with Gasteiger partial charge in [0, 0.05) is 88.4 Å². The van der Waals surface area contributed by atoms with Gasteiger partial charge in [-0.1, -0.05) is 48.7 Å². The molecule has 2 fully saturated rings. The van der Waals surface area contributed by atoms with Crippen molar-refractivity contribution in [2.75, 3.05) is 23.7 Å². The summed E-state index contributed by atoms with van der Waals surface area (Å²) in [5, 5.41) is 27.2. The van der Waals surface area contributed by atoms with E-state index in [0.29, 0.717) is 65.7 Å². The number of halogens is 5. The number of nitrogens with zero attached hydrogens (tertiary/aromatic N) is 11. The molecule has 0 radical (unpaired) electrons. The van der Waals surface area contributed by atoms with Crippen LogP contribution in [0.3, 0.4) is 0 Å². The Hall–Kier alpha value is -6.64. The number of carboxylic acids is 1. The van der Waals surface area contributed by atoms with Crippen molar-refractivity contribution in [2.24, 2.45) is 11.5 Å². The van der Waals surface area contributed by atoms with E-state index >= 15 is 0 Å². The van der Waals surface area contributed by atoms with Crippen molar-refractivity contribution in [3.63, 3.8) is 0 Å². The van der Waals surface area contributed by atoms with Crippen molar-refractivity contribution in [1.29, 1.82) is 0 Å². The van der Waals surface area contributed by atoms with E-state index in [1.54, 1.807) is 80.2 Å². The van der Waals surface area contributed by atoms with Gasteiger partial charge in [0.25, 0.3) is 0 Å². The van der Waals surface area contributed by atoms with E-state index in [9.17, 15) is 28.0 Å². The molecule has 6 aromatic heterocycles. The summed E-state index contributed by atoms with van der Waals surface area (Å²) in [5.41, 5.74) is 17.1. The monoisotopic (exact) mass is 1340 g/mol. The van der Waals surface area contributed by atoms with Gasteiger partial charge in [-0.2, -0.15) is 23.7 Å². The second kappa shape index (κ2) is 29.9. The minimum atomic E-state index is -1.33. The van der Waals surface area contributed by atoms with Gasteiger partial charge in [-0.05, 0) is 105 Å². The summed E-state index contributed by atoms with van der Waals surface area (Å²) in [6.45, 7) is 3.18. The van der Waals surface area contributed by atoms with E-state index in [-0.39, 0.29) is 80.8 Å². The Balaban J connectivity index is 0.000000238. The molecule has 2 saturated heterocycles. The van der Waals surface area contributed by atoms with Gasteiger partial charge in [0.1, 0.15) is 85.3 Å². The molecule has 3 amide bonds. The van der Waals surface area contributed by atoms with Crippen LogP contribution in [0.25, 0.3) is 44.1 Å². The van der Waals surface area contributed by atoms with Crippen LogP contribution in [-0.4, -0.2) is 131 Å². The summed E-state index contributed by atoms with van der Waals surface area (Å²) in [6.07, 6.45) is 4.74. The molecule has 0 spiro atoms. The summed E-state index contributed by atoms with van der Waals surface area (Å²) in [4.78, 5) is 75.4. The Labute approximate surface area is 512 Å². The van der Waals surface area contributed by atoms with E-state index in [4.69, 9.17) is 41.0 Å². The number of benzene rings is 2. The Morgan fingerprint density at radius 2 is 1.15 bits per heavy atom. The van der Waals surface area contributed by atoms with Crippen molar-refractivity contribution in [3.8, 4) is 22.3 Å². The molecule has 8 aromatic rings. The average molecular weight is 1350 g/mol. The number of fused-ring (bicyclic) bond motifs is 2. The van der Waals surface area contributed by atoms with Crippen molar-refractivity contribution >= 4 is 172 Å². The van der Waals surface area contributed by atoms with Gasteiger partial charge < -0.3 is 37.4 Å². The third kappa shape index (κ3) is 17.0. The molecule has 10 rings (SSSR count). The highest BCUT2D eigenvalue weighted by atomic mass is 79.9. The predicted molar refractivity (Wildman–Crippen MR) is 330 cm³/mol. The predicted octanol–water partition coefficient (Wildman–Crippen LogP) is 6.70. The molecule has 0 bridgehead atoms. The molecule has 0 saturated carbocycles. The van der Waals surface area contributed by atoms with Gasteiger partial charge in [0.2, 0.25) is 17.7 Å². The number of rotatable bonds is 12. The number of aryl methyl sites for hydroxylation is 2. The van der Waals surface area contributed by atoms with Gasteiger partial charge in [0.05, 0.1) is 23.6 Å². The number of likely N-dealkylation sites (tertiary alicyclic amines) is 1. The van der Waals surface area contributed by atoms with Crippen LogP contribution in [0.15, 0.2) is 107 Å². The number of pyridine rings is 2. The average Bonchev–Trinajstić information content (AvgIpc) is 4.23. The zero-order chi connectivity index (χ0) is 57.1. The smallest absolute Gasteiger partial charge is 0.325 e. The van der Waals surface area contributed by atoms with Crippen molar-refractivity contribution in [2.45, 2.75) is 64.2 Å². The summed E-state index contributed by atoms with van der Waals surface area (Å²) in [7, 11) is 0. The molecular formula is C50H49Br2ClF2N16O5S5. The summed E-state index contributed by atoms with van der Waals surface area (Å²) >= 11 is 24.0. The highest BCUT2D eigenvalue weighted by Gasteiger charge is 2.40. The maximum atomic E-state index is 14.4. The fraction of sp³-hybridized carbons (Fsp3) is 0.240. The number of aliphatic carboxylic acids is 1. The second-order valence-electron chi connectivity index (χ2n) is 17.5. The highest BCUT2D eigenvalue weighted by molar-refractivity contribution is 9.10. The van der Waals surface area contributed by atoms with E-state index in [1.807, 2.05) is 31.2 Å². The van der Waals surface area contributed by atoms with Gasteiger partial charge in [0.15, 0.2) is 0 Å². The maximum Gasteiger partial charge on any atom is 0.325 e. The maximum absolute atomic E-state index is 14.4. The second-order valence-corrected chi connectivity index (χ2v) is 20.0. The molecule has 424 valence electrons. The first-order valence-electron chi connectivity index (χ1n) is 23.5. The van der Waals surface area contributed by atoms with Crippen molar-refractivity contribution in [3.05, 3.63) is 130 Å². The number of amides is 3. The van der Waals surface area contributed by atoms with Gasteiger partial charge in [-0.25, -0.2) is 38.7 Å². The number of carbonyl (C=O) groups is 4. The number of anilines is 2. The highest BCUT2D eigenvalue weighted by Crippen LogP contribution is 2.29. The molecule has 8 heterocycles. The fourth-order valence-electron chi connectivity index (χ4n) is 8.33. The lowest BCUT2D eigenvalue weighted by atomic mass is 10.1. The molecule has 21 nitrogen and oxygen atoms in total. The summed E-state index contributed by atoms with van der Waals surface area (Å²) in [6, 6.07) is 19.9. The first kappa shape index (κ1) is 65.2. The van der Waals surface area contributed by atoms with Crippen molar-refractivity contribution in [1.82, 2.24) is 59.7 Å². The van der Waals surface area contributed by atoms with Crippen LogP contribution in [0.2, 0.25) is 0 Å². The first-order valence-corrected chi connectivity index (χ1v) is 27.3. The number of carbonyl (C=O) groups excluding carboxylic acids is 3. The van der Waals surface area contributed by atoms with E-state index in [2.05, 4.69) is 110 Å². The van der Waals surface area contributed by atoms with Crippen LogP contribution >= 0.6 is 82.2 Å². The lowest BCUT2D eigenvalue weighted by Gasteiger charge is -2.23. The van der Waals surface area contributed by atoms with E-state index in [1.165, 1.54) is 14.3 Å². The number of nitrogens with one attached hydrogen (secondary N) is 3. The minimum Gasteiger partial charge on any atom is -0.480 e.